The molecule has 6 rings (SSSR count). The summed E-state index contributed by atoms with van der Waals surface area (Å²) in [7, 11) is 0. The first-order chi connectivity index (χ1) is 15.3. The van der Waals surface area contributed by atoms with Gasteiger partial charge in [0.1, 0.15) is 0 Å². The minimum absolute atomic E-state index is 0.850. The van der Waals surface area contributed by atoms with E-state index in [1.54, 1.807) is 0 Å². The molecule has 0 aliphatic heterocycles. The molecule has 0 fully saturated rings. The van der Waals surface area contributed by atoms with Crippen molar-refractivity contribution in [1.82, 2.24) is 0 Å². The zero-order valence-electron chi connectivity index (χ0n) is 17.0. The Bertz CT molecular complexity index is 1520. The zero-order chi connectivity index (χ0) is 20.8. The average molecular weight is 396 g/mol. The Morgan fingerprint density at radius 2 is 0.871 bits per heavy atom. The standard InChI is InChI=1S/C30H21N/c31-30-27-11-5-3-9-25(27)29(26-10-4-6-12-28(26)30)22-16-13-21(14-17-22)24-18-15-20-7-1-2-8-23(20)19-24/h1-19H,31H2. The molecule has 0 atom stereocenters. The summed E-state index contributed by atoms with van der Waals surface area (Å²) in [6, 6.07) is 40.9. The molecule has 31 heavy (non-hydrogen) atoms. The van der Waals surface area contributed by atoms with Crippen LogP contribution in [0.15, 0.2) is 115 Å². The summed E-state index contributed by atoms with van der Waals surface area (Å²) in [4.78, 5) is 0. The third kappa shape index (κ3) is 2.86. The van der Waals surface area contributed by atoms with Crippen molar-refractivity contribution >= 4 is 38.0 Å². The predicted molar refractivity (Wildman–Crippen MR) is 134 cm³/mol. The Kier molecular flexibility index (Phi) is 4.00. The summed E-state index contributed by atoms with van der Waals surface area (Å²) < 4.78 is 0. The third-order valence-corrected chi connectivity index (χ3v) is 6.23. The third-order valence-electron chi connectivity index (χ3n) is 6.23. The molecular formula is C30H21N. The molecule has 0 amide bonds. The highest BCUT2D eigenvalue weighted by Crippen LogP contribution is 2.41. The van der Waals surface area contributed by atoms with Gasteiger partial charge in [0.2, 0.25) is 0 Å². The molecule has 0 bridgehead atoms. The van der Waals surface area contributed by atoms with Crippen LogP contribution in [0.3, 0.4) is 0 Å². The highest BCUT2D eigenvalue weighted by Gasteiger charge is 2.13. The van der Waals surface area contributed by atoms with Crippen molar-refractivity contribution in [2.24, 2.45) is 0 Å². The Morgan fingerprint density at radius 1 is 0.387 bits per heavy atom. The molecule has 6 aromatic rings. The van der Waals surface area contributed by atoms with Crippen molar-refractivity contribution in [3.8, 4) is 22.3 Å². The van der Waals surface area contributed by atoms with E-state index in [4.69, 9.17) is 5.73 Å². The highest BCUT2D eigenvalue weighted by atomic mass is 14.6. The summed E-state index contributed by atoms with van der Waals surface area (Å²) in [5, 5.41) is 7.13. The molecule has 0 aromatic heterocycles. The molecule has 0 aliphatic rings. The van der Waals surface area contributed by atoms with Gasteiger partial charge in [0.15, 0.2) is 0 Å². The van der Waals surface area contributed by atoms with Crippen molar-refractivity contribution in [3.05, 3.63) is 115 Å². The van der Waals surface area contributed by atoms with E-state index in [0.29, 0.717) is 0 Å². The van der Waals surface area contributed by atoms with Crippen molar-refractivity contribution in [3.63, 3.8) is 0 Å². The molecule has 0 aliphatic carbocycles. The van der Waals surface area contributed by atoms with Gasteiger partial charge < -0.3 is 5.73 Å². The molecule has 146 valence electrons. The molecule has 6 aromatic carbocycles. The van der Waals surface area contributed by atoms with Crippen LogP contribution in [0.2, 0.25) is 0 Å². The van der Waals surface area contributed by atoms with Crippen LogP contribution >= 0.6 is 0 Å². The number of benzene rings is 6. The molecule has 0 saturated heterocycles. The quantitative estimate of drug-likeness (QED) is 0.233. The van der Waals surface area contributed by atoms with Gasteiger partial charge in [-0.2, -0.15) is 0 Å². The van der Waals surface area contributed by atoms with E-state index in [1.807, 2.05) is 0 Å². The van der Waals surface area contributed by atoms with Gasteiger partial charge in [-0.25, -0.2) is 0 Å². The first-order valence-electron chi connectivity index (χ1n) is 10.6. The number of hydrogen-bond acceptors (Lipinski definition) is 1. The number of nitrogens with two attached hydrogens (primary N) is 1. The molecule has 0 heterocycles. The molecule has 0 spiro atoms. The minimum atomic E-state index is 0.850. The van der Waals surface area contributed by atoms with Crippen LogP contribution in [0.5, 0.6) is 0 Å². The summed E-state index contributed by atoms with van der Waals surface area (Å²) >= 11 is 0. The van der Waals surface area contributed by atoms with Gasteiger partial charge in [0.05, 0.1) is 0 Å². The number of nitrogen functional groups attached to an aromatic ring is 1. The predicted octanol–water partition coefficient (Wildman–Crippen LogP) is 8.06. The van der Waals surface area contributed by atoms with Crippen LogP contribution in [0.25, 0.3) is 54.6 Å². The van der Waals surface area contributed by atoms with Crippen molar-refractivity contribution < 1.29 is 0 Å². The van der Waals surface area contributed by atoms with E-state index < -0.39 is 0 Å². The lowest BCUT2D eigenvalue weighted by Gasteiger charge is -2.15. The SMILES string of the molecule is Nc1c2ccccc2c(-c2ccc(-c3ccc4ccccc4c3)cc2)c2ccccc12. The average Bonchev–Trinajstić information content (AvgIpc) is 2.84. The van der Waals surface area contributed by atoms with Gasteiger partial charge in [-0.3, -0.25) is 0 Å². The zero-order valence-corrected chi connectivity index (χ0v) is 17.0. The number of anilines is 1. The second-order valence-corrected chi connectivity index (χ2v) is 8.02. The second kappa shape index (κ2) is 7.00. The molecule has 0 radical (unpaired) electrons. The summed E-state index contributed by atoms with van der Waals surface area (Å²) in [6.07, 6.45) is 0. The highest BCUT2D eigenvalue weighted by molar-refractivity contribution is 6.19. The molecule has 0 unspecified atom stereocenters. The molecule has 0 saturated carbocycles. The molecule has 1 heteroatoms. The van der Waals surface area contributed by atoms with Crippen molar-refractivity contribution in [2.75, 3.05) is 5.73 Å². The van der Waals surface area contributed by atoms with Crippen LogP contribution in [0.4, 0.5) is 5.69 Å². The van der Waals surface area contributed by atoms with Gasteiger partial charge in [0.25, 0.3) is 0 Å². The lowest BCUT2D eigenvalue weighted by atomic mass is 9.90. The lowest BCUT2D eigenvalue weighted by molar-refractivity contribution is 1.63. The van der Waals surface area contributed by atoms with E-state index >= 15 is 0 Å². The Labute approximate surface area is 181 Å². The van der Waals surface area contributed by atoms with Crippen LogP contribution in [-0.2, 0) is 0 Å². The maximum absolute atomic E-state index is 6.55. The molecule has 2 N–H and O–H groups in total. The summed E-state index contributed by atoms with van der Waals surface area (Å²) in [5.41, 5.74) is 12.3. The Morgan fingerprint density at radius 3 is 1.52 bits per heavy atom. The Hall–Kier alpha value is -4.10. The Balaban J connectivity index is 1.54. The van der Waals surface area contributed by atoms with Crippen molar-refractivity contribution in [2.45, 2.75) is 0 Å². The van der Waals surface area contributed by atoms with E-state index in [-0.39, 0.29) is 0 Å². The van der Waals surface area contributed by atoms with Gasteiger partial charge >= 0.3 is 0 Å². The maximum Gasteiger partial charge on any atom is 0.0473 e. The monoisotopic (exact) mass is 395 g/mol. The first-order valence-corrected chi connectivity index (χ1v) is 10.6. The van der Waals surface area contributed by atoms with E-state index in [1.165, 1.54) is 43.8 Å². The summed E-state index contributed by atoms with van der Waals surface area (Å²) in [5.74, 6) is 0. The lowest BCUT2D eigenvalue weighted by Crippen LogP contribution is -1.93. The number of rotatable bonds is 2. The van der Waals surface area contributed by atoms with Crippen LogP contribution < -0.4 is 5.73 Å². The van der Waals surface area contributed by atoms with Crippen molar-refractivity contribution in [1.29, 1.82) is 0 Å². The molecular weight excluding hydrogens is 374 g/mol. The first kappa shape index (κ1) is 17.7. The van der Waals surface area contributed by atoms with Gasteiger partial charge in [-0.1, -0.05) is 109 Å². The fraction of sp³-hybridized carbons (Fsp3) is 0. The van der Waals surface area contributed by atoms with E-state index in [2.05, 4.69) is 115 Å². The second-order valence-electron chi connectivity index (χ2n) is 8.02. The van der Waals surface area contributed by atoms with Crippen LogP contribution in [0, 0.1) is 0 Å². The van der Waals surface area contributed by atoms with Gasteiger partial charge in [-0.05, 0) is 49.9 Å². The minimum Gasteiger partial charge on any atom is -0.398 e. The topological polar surface area (TPSA) is 26.0 Å². The number of fused-ring (bicyclic) bond motifs is 3. The normalized spacial score (nSPS) is 11.4. The number of hydrogen-bond donors (Lipinski definition) is 1. The van der Waals surface area contributed by atoms with Crippen LogP contribution in [0.1, 0.15) is 0 Å². The van der Waals surface area contributed by atoms with E-state index in [0.717, 1.165) is 16.5 Å². The smallest absolute Gasteiger partial charge is 0.0473 e. The summed E-state index contributed by atoms with van der Waals surface area (Å²) in [6.45, 7) is 0. The molecule has 1 nitrogen and oxygen atoms in total. The van der Waals surface area contributed by atoms with Gasteiger partial charge in [-0.15, -0.1) is 0 Å². The fourth-order valence-electron chi connectivity index (χ4n) is 4.67. The van der Waals surface area contributed by atoms with Crippen LogP contribution in [-0.4, -0.2) is 0 Å². The fourth-order valence-corrected chi connectivity index (χ4v) is 4.67. The largest absolute Gasteiger partial charge is 0.398 e. The van der Waals surface area contributed by atoms with E-state index in [9.17, 15) is 0 Å². The maximum atomic E-state index is 6.55. The van der Waals surface area contributed by atoms with Gasteiger partial charge in [0, 0.05) is 16.5 Å².